The molecular weight excluding hydrogens is 692 g/mol. The van der Waals surface area contributed by atoms with Crippen molar-refractivity contribution < 1.29 is 17.6 Å². The van der Waals surface area contributed by atoms with E-state index in [0.717, 1.165) is 72.0 Å². The molecule has 3 aromatic carbocycles. The van der Waals surface area contributed by atoms with Gasteiger partial charge in [-0.1, -0.05) is 65.3 Å². The molecule has 2 aromatic heterocycles. The predicted molar refractivity (Wildman–Crippen MR) is 193 cm³/mol. The van der Waals surface area contributed by atoms with Crippen LogP contribution in [0.4, 0.5) is 17.6 Å². The van der Waals surface area contributed by atoms with Gasteiger partial charge < -0.3 is 0 Å². The Labute approximate surface area is 304 Å². The number of benzene rings is 3. The summed E-state index contributed by atoms with van der Waals surface area (Å²) in [5.41, 5.74) is 3.82. The fourth-order valence-electron chi connectivity index (χ4n) is 10.2. The number of H-pyrrole nitrogens is 1. The molecular formula is C41H41ClF4N4O2. The van der Waals surface area contributed by atoms with Crippen molar-refractivity contribution in [3.63, 3.8) is 0 Å². The Hall–Kier alpha value is -4.31. The van der Waals surface area contributed by atoms with E-state index in [2.05, 4.69) is 46.6 Å². The SMILES string of the molecule is CC1(C)[C@@H]2CC[C@@]1(C)c1[nH]n(-c3ccc(F)cc3F)c(=O)c12.CC1(C)[C@@H]2CC[C@@]1(C)c1c2c(=O)n(-c2ccc(F)cc2F)n1Cc1ccc(Cl)cc1. The minimum atomic E-state index is -0.748. The summed E-state index contributed by atoms with van der Waals surface area (Å²) in [6, 6.07) is 14.0. The number of nitrogens with one attached hydrogen (secondary N) is 1. The summed E-state index contributed by atoms with van der Waals surface area (Å²) in [5.74, 6) is -2.48. The lowest BCUT2D eigenvalue weighted by Crippen LogP contribution is -2.36. The van der Waals surface area contributed by atoms with Crippen molar-refractivity contribution in [1.29, 1.82) is 0 Å². The van der Waals surface area contributed by atoms with Gasteiger partial charge >= 0.3 is 0 Å². The maximum absolute atomic E-state index is 14.8. The average molecular weight is 733 g/mol. The van der Waals surface area contributed by atoms with Gasteiger partial charge in [0.15, 0.2) is 11.6 Å². The summed E-state index contributed by atoms with van der Waals surface area (Å²) in [4.78, 5) is 26.4. The third-order valence-electron chi connectivity index (χ3n) is 13.9. The second-order valence-corrected chi connectivity index (χ2v) is 17.0. The van der Waals surface area contributed by atoms with Crippen LogP contribution in [0.25, 0.3) is 11.4 Å². The number of halogens is 5. The number of fused-ring (bicyclic) bond motifs is 10. The maximum Gasteiger partial charge on any atom is 0.275 e. The van der Waals surface area contributed by atoms with Crippen LogP contribution in [0, 0.1) is 34.1 Å². The van der Waals surface area contributed by atoms with Crippen molar-refractivity contribution in [3.05, 3.63) is 138 Å². The molecule has 4 aliphatic rings. The van der Waals surface area contributed by atoms with Crippen LogP contribution >= 0.6 is 11.6 Å². The van der Waals surface area contributed by atoms with Crippen molar-refractivity contribution in [2.24, 2.45) is 10.8 Å². The summed E-state index contributed by atoms with van der Waals surface area (Å²) < 4.78 is 60.0. The second-order valence-electron chi connectivity index (χ2n) is 16.6. The number of aromatic amines is 1. The molecule has 0 unspecified atom stereocenters. The van der Waals surface area contributed by atoms with Gasteiger partial charge in [-0.05, 0) is 90.3 Å². The fourth-order valence-corrected chi connectivity index (χ4v) is 10.3. The summed E-state index contributed by atoms with van der Waals surface area (Å²) in [5, 5.41) is 3.74. The lowest BCUT2D eigenvalue weighted by Gasteiger charge is -2.36. The molecule has 1 N–H and O–H groups in total. The van der Waals surface area contributed by atoms with E-state index < -0.39 is 23.3 Å². The van der Waals surface area contributed by atoms with Crippen LogP contribution in [0.2, 0.25) is 5.02 Å². The first-order valence-corrected chi connectivity index (χ1v) is 18.2. The zero-order valence-electron chi connectivity index (χ0n) is 30.0. The first kappa shape index (κ1) is 34.8. The molecule has 9 rings (SSSR count). The minimum absolute atomic E-state index is 0.0216. The topological polar surface area (TPSA) is 64.7 Å². The molecule has 5 aromatic rings. The van der Waals surface area contributed by atoms with Crippen LogP contribution in [-0.2, 0) is 17.4 Å². The van der Waals surface area contributed by atoms with Gasteiger partial charge in [0, 0.05) is 44.8 Å². The highest BCUT2D eigenvalue weighted by atomic mass is 35.5. The Balaban J connectivity index is 0.000000156. The predicted octanol–water partition coefficient (Wildman–Crippen LogP) is 9.41. The molecule has 0 spiro atoms. The van der Waals surface area contributed by atoms with Gasteiger partial charge in [-0.25, -0.2) is 26.9 Å². The Kier molecular flexibility index (Phi) is 7.58. The molecule has 4 aliphatic carbocycles. The van der Waals surface area contributed by atoms with E-state index in [1.54, 1.807) is 12.1 Å². The molecule has 2 saturated carbocycles. The average Bonchev–Trinajstić information content (AvgIpc) is 3.79. The molecule has 4 bridgehead atoms. The van der Waals surface area contributed by atoms with Crippen LogP contribution in [0.1, 0.15) is 107 Å². The maximum atomic E-state index is 14.8. The standard InChI is InChI=1S/C24H23ClF2N2O.C17H18F2N2O/c1-23(2)17-10-11-24(23,3)21-20(17)22(30)29(19-9-8-16(26)12-18(19)27)28(21)13-14-4-6-15(25)7-5-14;1-16(2)10-6-7-17(16,3)14-13(10)15(22)21(20-14)12-5-4-9(18)8-11(12)19/h4-9,12,17H,10-11,13H2,1-3H3;4-5,8,10,20H,6-7H2,1-3H3/t17-,24+;10-,17+/m11/s1. The first-order chi connectivity index (χ1) is 24.4. The zero-order chi connectivity index (χ0) is 37.3. The Bertz CT molecular complexity index is 2400. The van der Waals surface area contributed by atoms with Gasteiger partial charge in [0.05, 0.1) is 12.2 Å². The number of rotatable bonds is 4. The van der Waals surface area contributed by atoms with Gasteiger partial charge in [0.1, 0.15) is 23.0 Å². The first-order valence-electron chi connectivity index (χ1n) is 17.8. The van der Waals surface area contributed by atoms with Crippen molar-refractivity contribution in [1.82, 2.24) is 19.1 Å². The highest BCUT2D eigenvalue weighted by Crippen LogP contribution is 2.68. The Morgan fingerprint density at radius 1 is 0.712 bits per heavy atom. The fraction of sp³-hybridized carbons (Fsp3) is 0.415. The third kappa shape index (κ3) is 4.55. The molecule has 0 aliphatic heterocycles. The van der Waals surface area contributed by atoms with E-state index in [1.807, 2.05) is 16.8 Å². The summed E-state index contributed by atoms with van der Waals surface area (Å²) in [7, 11) is 0. The monoisotopic (exact) mass is 732 g/mol. The molecule has 2 fully saturated rings. The van der Waals surface area contributed by atoms with Crippen LogP contribution in [0.3, 0.4) is 0 Å². The minimum Gasteiger partial charge on any atom is -0.294 e. The lowest BCUT2D eigenvalue weighted by atomic mass is 9.70. The number of hydrogen-bond donors (Lipinski definition) is 1. The molecule has 272 valence electrons. The van der Waals surface area contributed by atoms with Crippen LogP contribution in [0.15, 0.2) is 70.3 Å². The van der Waals surface area contributed by atoms with Gasteiger partial charge in [-0.3, -0.25) is 19.4 Å². The van der Waals surface area contributed by atoms with E-state index in [0.29, 0.717) is 11.6 Å². The zero-order valence-corrected chi connectivity index (χ0v) is 30.8. The number of aromatic nitrogens is 4. The largest absolute Gasteiger partial charge is 0.294 e. The van der Waals surface area contributed by atoms with Crippen molar-refractivity contribution in [3.8, 4) is 11.4 Å². The summed E-state index contributed by atoms with van der Waals surface area (Å²) >= 11 is 6.04. The van der Waals surface area contributed by atoms with E-state index >= 15 is 0 Å². The van der Waals surface area contributed by atoms with Crippen molar-refractivity contribution in [2.45, 2.75) is 96.4 Å². The third-order valence-corrected chi connectivity index (χ3v) is 14.1. The van der Waals surface area contributed by atoms with Gasteiger partial charge in [0.25, 0.3) is 11.1 Å². The number of nitrogens with zero attached hydrogens (tertiary/aromatic N) is 3. The molecule has 4 atom stereocenters. The summed E-state index contributed by atoms with van der Waals surface area (Å²) in [6.07, 6.45) is 3.93. The van der Waals surface area contributed by atoms with E-state index in [1.165, 1.54) is 27.6 Å². The van der Waals surface area contributed by atoms with Gasteiger partial charge in [-0.2, -0.15) is 0 Å². The summed E-state index contributed by atoms with van der Waals surface area (Å²) in [6.45, 7) is 13.6. The van der Waals surface area contributed by atoms with E-state index in [9.17, 15) is 27.2 Å². The Morgan fingerprint density at radius 2 is 1.25 bits per heavy atom. The van der Waals surface area contributed by atoms with E-state index in [-0.39, 0.29) is 56.0 Å². The molecule has 2 heterocycles. The van der Waals surface area contributed by atoms with Crippen molar-refractivity contribution in [2.75, 3.05) is 0 Å². The van der Waals surface area contributed by atoms with E-state index in [4.69, 9.17) is 11.6 Å². The quantitative estimate of drug-likeness (QED) is 0.187. The molecule has 0 radical (unpaired) electrons. The highest BCUT2D eigenvalue weighted by molar-refractivity contribution is 6.30. The van der Waals surface area contributed by atoms with Crippen LogP contribution in [0.5, 0.6) is 0 Å². The molecule has 0 amide bonds. The molecule has 52 heavy (non-hydrogen) atoms. The van der Waals surface area contributed by atoms with Crippen molar-refractivity contribution >= 4 is 11.6 Å². The van der Waals surface area contributed by atoms with Gasteiger partial charge in [-0.15, -0.1) is 0 Å². The molecule has 0 saturated heterocycles. The second kappa shape index (κ2) is 11.3. The lowest BCUT2D eigenvalue weighted by molar-refractivity contribution is 0.216. The normalized spacial score (nSPS) is 25.6. The molecule has 11 heteroatoms. The highest BCUT2D eigenvalue weighted by Gasteiger charge is 2.63. The van der Waals surface area contributed by atoms with Gasteiger partial charge in [0.2, 0.25) is 0 Å². The Morgan fingerprint density at radius 3 is 1.83 bits per heavy atom. The molecule has 6 nitrogen and oxygen atoms in total. The van der Waals surface area contributed by atoms with Crippen LogP contribution in [-0.4, -0.2) is 19.1 Å². The van der Waals surface area contributed by atoms with Crippen LogP contribution < -0.4 is 11.1 Å². The number of hydrogen-bond acceptors (Lipinski definition) is 2. The smallest absolute Gasteiger partial charge is 0.275 e.